The number of oxazole rings is 1. The second kappa shape index (κ2) is 6.68. The highest BCUT2D eigenvalue weighted by molar-refractivity contribution is 5.92. The number of carbonyl (C=O) groups excluding carboxylic acids is 1. The van der Waals surface area contributed by atoms with Crippen molar-refractivity contribution in [2.75, 3.05) is 26.3 Å². The number of hydrogen-bond acceptors (Lipinski definition) is 7. The van der Waals surface area contributed by atoms with Gasteiger partial charge in [-0.2, -0.15) is 0 Å². The first-order chi connectivity index (χ1) is 12.6. The highest BCUT2D eigenvalue weighted by Crippen LogP contribution is 2.41. The van der Waals surface area contributed by atoms with Gasteiger partial charge < -0.3 is 18.8 Å². The van der Waals surface area contributed by atoms with Crippen molar-refractivity contribution in [3.05, 3.63) is 35.8 Å². The highest BCUT2D eigenvalue weighted by atomic mass is 16.5. The molecule has 0 unspecified atom stereocenters. The number of likely N-dealkylation sites (tertiary alicyclic amines) is 1. The van der Waals surface area contributed by atoms with Crippen LogP contribution >= 0.6 is 0 Å². The Morgan fingerprint density at radius 2 is 2.31 bits per heavy atom. The molecule has 0 aliphatic carbocycles. The molecule has 138 valence electrons. The summed E-state index contributed by atoms with van der Waals surface area (Å²) in [6.45, 7) is 5.95. The fourth-order valence-corrected chi connectivity index (χ4v) is 3.78. The zero-order valence-corrected chi connectivity index (χ0v) is 15.0. The Morgan fingerprint density at radius 3 is 3.08 bits per heavy atom. The van der Waals surface area contributed by atoms with Gasteiger partial charge in [-0.15, -0.1) is 0 Å². The maximum absolute atomic E-state index is 12.8. The third-order valence-corrected chi connectivity index (χ3v) is 5.26. The topological polar surface area (TPSA) is 90.6 Å². The molecule has 0 spiro atoms. The summed E-state index contributed by atoms with van der Waals surface area (Å²) in [5.74, 6) is 0.178. The normalized spacial score (nSPS) is 25.2. The molecule has 2 atom stereocenters. The standard InChI is InChI=1S/C18H22N4O4/c1-12-3-6-19-17(21-12)25-10-18-5-8-24-14(18)4-7-22(9-18)16(23)15-13(2)20-11-26-15/h3,6,11,14H,4-5,7-10H2,1-2H3/t14-,18+/m1/s1. The van der Waals surface area contributed by atoms with Crippen LogP contribution in [0.3, 0.4) is 0 Å². The largest absolute Gasteiger partial charge is 0.463 e. The van der Waals surface area contributed by atoms with Crippen molar-refractivity contribution >= 4 is 5.91 Å². The molecule has 2 saturated heterocycles. The van der Waals surface area contributed by atoms with E-state index < -0.39 is 0 Å². The number of carbonyl (C=O) groups is 1. The Bertz CT molecular complexity index is 808. The van der Waals surface area contributed by atoms with Crippen molar-refractivity contribution < 1.29 is 18.7 Å². The van der Waals surface area contributed by atoms with Crippen molar-refractivity contribution in [2.45, 2.75) is 32.8 Å². The molecule has 8 heteroatoms. The lowest BCUT2D eigenvalue weighted by molar-refractivity contribution is -0.0346. The van der Waals surface area contributed by atoms with E-state index in [1.54, 1.807) is 13.1 Å². The summed E-state index contributed by atoms with van der Waals surface area (Å²) >= 11 is 0. The SMILES string of the molecule is Cc1ccnc(OC[C@@]23CCO[C@@H]2CCN(C(=O)c2ocnc2C)C3)n1. The first-order valence-corrected chi connectivity index (χ1v) is 8.81. The van der Waals surface area contributed by atoms with Gasteiger partial charge in [0.2, 0.25) is 5.76 Å². The van der Waals surface area contributed by atoms with E-state index >= 15 is 0 Å². The molecule has 0 bridgehead atoms. The number of aromatic nitrogens is 3. The van der Waals surface area contributed by atoms with Crippen LogP contribution in [-0.2, 0) is 4.74 Å². The molecule has 26 heavy (non-hydrogen) atoms. The number of aryl methyl sites for hydroxylation is 2. The molecular weight excluding hydrogens is 336 g/mol. The number of piperidine rings is 1. The highest BCUT2D eigenvalue weighted by Gasteiger charge is 2.50. The van der Waals surface area contributed by atoms with Gasteiger partial charge in [0.15, 0.2) is 6.39 Å². The molecule has 4 heterocycles. The second-order valence-electron chi connectivity index (χ2n) is 7.02. The van der Waals surface area contributed by atoms with E-state index in [0.717, 1.165) is 18.5 Å². The van der Waals surface area contributed by atoms with E-state index in [4.69, 9.17) is 13.9 Å². The van der Waals surface area contributed by atoms with Gasteiger partial charge in [0, 0.05) is 31.6 Å². The fraction of sp³-hybridized carbons (Fsp3) is 0.556. The lowest BCUT2D eigenvalue weighted by Gasteiger charge is -2.42. The minimum absolute atomic E-state index is 0.0761. The zero-order valence-electron chi connectivity index (χ0n) is 15.0. The number of ether oxygens (including phenoxy) is 2. The molecule has 2 fully saturated rings. The first-order valence-electron chi connectivity index (χ1n) is 8.81. The summed E-state index contributed by atoms with van der Waals surface area (Å²) in [7, 11) is 0. The quantitative estimate of drug-likeness (QED) is 0.823. The monoisotopic (exact) mass is 358 g/mol. The average molecular weight is 358 g/mol. The Morgan fingerprint density at radius 1 is 1.42 bits per heavy atom. The van der Waals surface area contributed by atoms with Crippen LogP contribution in [0.2, 0.25) is 0 Å². The summed E-state index contributed by atoms with van der Waals surface area (Å²) in [6.07, 6.45) is 4.68. The van der Waals surface area contributed by atoms with Crippen molar-refractivity contribution in [3.63, 3.8) is 0 Å². The van der Waals surface area contributed by atoms with Crippen molar-refractivity contribution in [1.29, 1.82) is 0 Å². The fourth-order valence-electron chi connectivity index (χ4n) is 3.78. The molecule has 0 saturated carbocycles. The van der Waals surface area contributed by atoms with Crippen LogP contribution in [0, 0.1) is 19.3 Å². The third kappa shape index (κ3) is 3.05. The average Bonchev–Trinajstić information content (AvgIpc) is 3.25. The predicted octanol–water partition coefficient (Wildman–Crippen LogP) is 1.78. The third-order valence-electron chi connectivity index (χ3n) is 5.26. The molecular formula is C18H22N4O4. The number of hydrogen-bond donors (Lipinski definition) is 0. The predicted molar refractivity (Wildman–Crippen MR) is 90.8 cm³/mol. The lowest BCUT2D eigenvalue weighted by atomic mass is 9.77. The van der Waals surface area contributed by atoms with Crippen LogP contribution in [0.15, 0.2) is 23.1 Å². The Balaban J connectivity index is 1.51. The van der Waals surface area contributed by atoms with E-state index in [0.29, 0.717) is 43.8 Å². The molecule has 0 radical (unpaired) electrons. The number of fused-ring (bicyclic) bond motifs is 1. The number of rotatable bonds is 4. The maximum atomic E-state index is 12.8. The number of nitrogens with zero attached hydrogens (tertiary/aromatic N) is 4. The molecule has 4 rings (SSSR count). The van der Waals surface area contributed by atoms with Crippen molar-refractivity contribution in [1.82, 2.24) is 19.9 Å². The zero-order chi connectivity index (χ0) is 18.1. The second-order valence-corrected chi connectivity index (χ2v) is 7.02. The lowest BCUT2D eigenvalue weighted by Crippen LogP contribution is -2.54. The summed E-state index contributed by atoms with van der Waals surface area (Å²) < 4.78 is 17.1. The van der Waals surface area contributed by atoms with Gasteiger partial charge in [0.1, 0.15) is 6.61 Å². The van der Waals surface area contributed by atoms with Crippen LogP contribution < -0.4 is 4.74 Å². The molecule has 0 N–H and O–H groups in total. The van der Waals surface area contributed by atoms with Gasteiger partial charge in [-0.1, -0.05) is 0 Å². The molecule has 2 aliphatic heterocycles. The van der Waals surface area contributed by atoms with Gasteiger partial charge in [0.05, 0.1) is 17.2 Å². The maximum Gasteiger partial charge on any atom is 0.316 e. The van der Waals surface area contributed by atoms with Gasteiger partial charge in [0.25, 0.3) is 5.91 Å². The van der Waals surface area contributed by atoms with Gasteiger partial charge in [-0.05, 0) is 32.8 Å². The summed E-state index contributed by atoms with van der Waals surface area (Å²) in [6, 6.07) is 2.19. The summed E-state index contributed by atoms with van der Waals surface area (Å²) in [4.78, 5) is 27.1. The molecule has 2 aromatic heterocycles. The van der Waals surface area contributed by atoms with E-state index in [1.807, 2.05) is 17.9 Å². The van der Waals surface area contributed by atoms with Gasteiger partial charge in [-0.25, -0.2) is 15.0 Å². The molecule has 2 aromatic rings. The summed E-state index contributed by atoms with van der Waals surface area (Å²) in [5.41, 5.74) is 1.21. The number of amides is 1. The molecule has 1 amide bonds. The minimum Gasteiger partial charge on any atom is -0.463 e. The van der Waals surface area contributed by atoms with Crippen LogP contribution in [0.4, 0.5) is 0 Å². The molecule has 2 aliphatic rings. The van der Waals surface area contributed by atoms with Gasteiger partial charge >= 0.3 is 6.01 Å². The van der Waals surface area contributed by atoms with E-state index in [-0.39, 0.29) is 17.4 Å². The smallest absolute Gasteiger partial charge is 0.316 e. The Hall–Kier alpha value is -2.48. The van der Waals surface area contributed by atoms with E-state index in [1.165, 1.54) is 6.39 Å². The minimum atomic E-state index is -0.255. The Labute approximate surface area is 151 Å². The van der Waals surface area contributed by atoms with Crippen molar-refractivity contribution in [2.24, 2.45) is 5.41 Å². The van der Waals surface area contributed by atoms with Crippen molar-refractivity contribution in [3.8, 4) is 6.01 Å². The van der Waals surface area contributed by atoms with Crippen LogP contribution in [0.5, 0.6) is 6.01 Å². The van der Waals surface area contributed by atoms with E-state index in [9.17, 15) is 4.79 Å². The van der Waals surface area contributed by atoms with Gasteiger partial charge in [-0.3, -0.25) is 4.79 Å². The first kappa shape index (κ1) is 17.0. The summed E-state index contributed by atoms with van der Waals surface area (Å²) in [5, 5.41) is 0. The van der Waals surface area contributed by atoms with Crippen LogP contribution in [-0.4, -0.2) is 58.2 Å². The van der Waals surface area contributed by atoms with Crippen LogP contribution in [0.1, 0.15) is 34.8 Å². The molecule has 0 aromatic carbocycles. The Kier molecular flexibility index (Phi) is 4.36. The van der Waals surface area contributed by atoms with E-state index in [2.05, 4.69) is 15.0 Å². The molecule has 8 nitrogen and oxygen atoms in total. The van der Waals surface area contributed by atoms with Crippen LogP contribution in [0.25, 0.3) is 0 Å².